The van der Waals surface area contributed by atoms with Crippen LogP contribution in [-0.2, 0) is 10.0 Å². The Morgan fingerprint density at radius 3 is 2.38 bits per heavy atom. The lowest BCUT2D eigenvalue weighted by Gasteiger charge is -2.36. The number of hydrogen-bond donors (Lipinski definition) is 2. The Morgan fingerprint density at radius 2 is 1.72 bits per heavy atom. The maximum atomic E-state index is 12.6. The molecule has 0 saturated carbocycles. The number of amides is 1. The fraction of sp³-hybridized carbons (Fsp3) is 0.381. The number of para-hydroxylation sites is 1. The average molecular weight is 417 g/mol. The molecule has 1 aliphatic rings. The third kappa shape index (κ3) is 5.35. The minimum absolute atomic E-state index is 0.0905. The number of nitrogens with one attached hydrogen (secondary N) is 2. The summed E-state index contributed by atoms with van der Waals surface area (Å²) in [6.45, 7) is 6.89. The van der Waals surface area contributed by atoms with Crippen LogP contribution in [0.3, 0.4) is 0 Å². The first-order chi connectivity index (χ1) is 13.9. The Balaban J connectivity index is 1.50. The summed E-state index contributed by atoms with van der Waals surface area (Å²) < 4.78 is 26.2. The van der Waals surface area contributed by atoms with E-state index in [2.05, 4.69) is 44.1 Å². The van der Waals surface area contributed by atoms with Crippen LogP contribution in [0.25, 0.3) is 0 Å². The highest BCUT2D eigenvalue weighted by Crippen LogP contribution is 2.16. The Bertz CT molecular complexity index is 940. The minimum atomic E-state index is -3.58. The van der Waals surface area contributed by atoms with Crippen LogP contribution in [0.5, 0.6) is 0 Å². The van der Waals surface area contributed by atoms with Crippen LogP contribution in [0.4, 0.5) is 5.69 Å². The van der Waals surface area contributed by atoms with Crippen molar-refractivity contribution in [1.29, 1.82) is 0 Å². The van der Waals surface area contributed by atoms with Gasteiger partial charge in [0, 0.05) is 50.5 Å². The molecule has 1 aliphatic heterocycles. The third-order valence-corrected chi connectivity index (χ3v) is 6.65. The molecule has 7 nitrogen and oxygen atoms in total. The first-order valence-corrected chi connectivity index (χ1v) is 11.2. The lowest BCUT2D eigenvalue weighted by atomic mass is 10.1. The molecule has 0 aliphatic carbocycles. The average Bonchev–Trinajstić information content (AvgIpc) is 2.75. The summed E-state index contributed by atoms with van der Waals surface area (Å²) in [7, 11) is -2.23. The lowest BCUT2D eigenvalue weighted by molar-refractivity contribution is 0.0947. The molecule has 3 rings (SSSR count). The standard InChI is InChI=1S/C21H28N4O3S/c1-17-8-9-19(29(27,28)22-2)16-20(17)21(26)23-10-11-24-12-14-25(15-13-24)18-6-4-3-5-7-18/h3-9,16,22H,10-15H2,1-2H3,(H,23,26). The van der Waals surface area contributed by atoms with Gasteiger partial charge in [0.25, 0.3) is 5.91 Å². The molecule has 1 saturated heterocycles. The predicted octanol–water partition coefficient (Wildman–Crippen LogP) is 1.46. The van der Waals surface area contributed by atoms with Gasteiger partial charge in [0.1, 0.15) is 0 Å². The van der Waals surface area contributed by atoms with Gasteiger partial charge in [-0.2, -0.15) is 0 Å². The van der Waals surface area contributed by atoms with Crippen molar-refractivity contribution in [2.75, 3.05) is 51.2 Å². The molecular weight excluding hydrogens is 388 g/mol. The van der Waals surface area contributed by atoms with Gasteiger partial charge in [0.05, 0.1) is 4.90 Å². The van der Waals surface area contributed by atoms with Gasteiger partial charge in [-0.1, -0.05) is 24.3 Å². The van der Waals surface area contributed by atoms with Gasteiger partial charge in [-0.15, -0.1) is 0 Å². The van der Waals surface area contributed by atoms with Gasteiger partial charge in [-0.05, 0) is 43.8 Å². The van der Waals surface area contributed by atoms with Crippen LogP contribution in [0.1, 0.15) is 15.9 Å². The molecule has 0 radical (unpaired) electrons. The van der Waals surface area contributed by atoms with Gasteiger partial charge < -0.3 is 10.2 Å². The van der Waals surface area contributed by atoms with Crippen molar-refractivity contribution < 1.29 is 13.2 Å². The molecule has 1 fully saturated rings. The smallest absolute Gasteiger partial charge is 0.251 e. The minimum Gasteiger partial charge on any atom is -0.369 e. The van der Waals surface area contributed by atoms with Gasteiger partial charge in [-0.25, -0.2) is 13.1 Å². The molecule has 2 N–H and O–H groups in total. The fourth-order valence-electron chi connectivity index (χ4n) is 3.42. The van der Waals surface area contributed by atoms with Crippen molar-refractivity contribution in [3.05, 3.63) is 59.7 Å². The van der Waals surface area contributed by atoms with Crippen LogP contribution < -0.4 is 14.9 Å². The molecular formula is C21H28N4O3S. The molecule has 8 heteroatoms. The second kappa shape index (κ2) is 9.39. The Kier molecular flexibility index (Phi) is 6.89. The number of rotatable bonds is 7. The van der Waals surface area contributed by atoms with E-state index in [4.69, 9.17) is 0 Å². The van der Waals surface area contributed by atoms with E-state index in [1.54, 1.807) is 13.0 Å². The topological polar surface area (TPSA) is 81.7 Å². The van der Waals surface area contributed by atoms with Gasteiger partial charge in [0.15, 0.2) is 0 Å². The summed E-state index contributed by atoms with van der Waals surface area (Å²) in [5.74, 6) is -0.251. The zero-order valence-corrected chi connectivity index (χ0v) is 17.7. The lowest BCUT2D eigenvalue weighted by Crippen LogP contribution is -2.48. The highest BCUT2D eigenvalue weighted by Gasteiger charge is 2.18. The first kappa shape index (κ1) is 21.3. The number of carbonyl (C=O) groups is 1. The zero-order chi connectivity index (χ0) is 20.9. The van der Waals surface area contributed by atoms with Crippen molar-refractivity contribution in [3.63, 3.8) is 0 Å². The first-order valence-electron chi connectivity index (χ1n) is 9.75. The summed E-state index contributed by atoms with van der Waals surface area (Å²) in [4.78, 5) is 17.3. The Morgan fingerprint density at radius 1 is 1.03 bits per heavy atom. The monoisotopic (exact) mass is 416 g/mol. The molecule has 29 heavy (non-hydrogen) atoms. The van der Waals surface area contributed by atoms with E-state index < -0.39 is 10.0 Å². The van der Waals surface area contributed by atoms with Crippen LogP contribution in [0, 0.1) is 6.92 Å². The molecule has 0 spiro atoms. The van der Waals surface area contributed by atoms with Crippen molar-refractivity contribution >= 4 is 21.6 Å². The van der Waals surface area contributed by atoms with Gasteiger partial charge in [0.2, 0.25) is 10.0 Å². The highest BCUT2D eigenvalue weighted by molar-refractivity contribution is 7.89. The number of aryl methyl sites for hydroxylation is 1. The fourth-order valence-corrected chi connectivity index (χ4v) is 4.18. The van der Waals surface area contributed by atoms with Crippen LogP contribution in [-0.4, -0.2) is 65.5 Å². The molecule has 2 aromatic rings. The number of sulfonamides is 1. The molecule has 156 valence electrons. The quantitative estimate of drug-likeness (QED) is 0.714. The SMILES string of the molecule is CNS(=O)(=O)c1ccc(C)c(C(=O)NCCN2CCN(c3ccccc3)CC2)c1. The number of benzene rings is 2. The summed E-state index contributed by atoms with van der Waals surface area (Å²) in [6.07, 6.45) is 0. The van der Waals surface area contributed by atoms with E-state index >= 15 is 0 Å². The van der Waals surface area contributed by atoms with E-state index in [0.29, 0.717) is 12.1 Å². The molecule has 0 bridgehead atoms. The second-order valence-electron chi connectivity index (χ2n) is 7.10. The summed E-state index contributed by atoms with van der Waals surface area (Å²) in [6, 6.07) is 15.0. The highest BCUT2D eigenvalue weighted by atomic mass is 32.2. The normalized spacial score (nSPS) is 15.3. The van der Waals surface area contributed by atoms with Crippen molar-refractivity contribution in [1.82, 2.24) is 14.9 Å². The van der Waals surface area contributed by atoms with Gasteiger partial charge in [-0.3, -0.25) is 9.69 Å². The number of piperazine rings is 1. The van der Waals surface area contributed by atoms with E-state index in [9.17, 15) is 13.2 Å². The molecule has 2 aromatic carbocycles. The van der Waals surface area contributed by atoms with Gasteiger partial charge >= 0.3 is 0 Å². The van der Waals surface area contributed by atoms with E-state index in [0.717, 1.165) is 38.3 Å². The van der Waals surface area contributed by atoms with Crippen LogP contribution in [0.2, 0.25) is 0 Å². The molecule has 0 aromatic heterocycles. The Hall–Kier alpha value is -2.42. The Labute approximate surface area is 172 Å². The number of hydrogen-bond acceptors (Lipinski definition) is 5. The third-order valence-electron chi connectivity index (χ3n) is 5.24. The second-order valence-corrected chi connectivity index (χ2v) is 8.99. The molecule has 1 heterocycles. The maximum absolute atomic E-state index is 12.6. The molecule has 0 unspecified atom stereocenters. The zero-order valence-electron chi connectivity index (χ0n) is 16.9. The van der Waals surface area contributed by atoms with Crippen molar-refractivity contribution in [2.45, 2.75) is 11.8 Å². The summed E-state index contributed by atoms with van der Waals surface area (Å²) >= 11 is 0. The van der Waals surface area contributed by atoms with Crippen LogP contribution in [0.15, 0.2) is 53.4 Å². The number of nitrogens with zero attached hydrogens (tertiary/aromatic N) is 2. The summed E-state index contributed by atoms with van der Waals surface area (Å²) in [5, 5.41) is 2.92. The predicted molar refractivity (Wildman–Crippen MR) is 115 cm³/mol. The largest absolute Gasteiger partial charge is 0.369 e. The molecule has 0 atom stereocenters. The van der Waals surface area contributed by atoms with Crippen LogP contribution >= 0.6 is 0 Å². The number of carbonyl (C=O) groups excluding carboxylic acids is 1. The van der Waals surface area contributed by atoms with E-state index in [-0.39, 0.29) is 10.8 Å². The maximum Gasteiger partial charge on any atom is 0.251 e. The summed E-state index contributed by atoms with van der Waals surface area (Å²) in [5.41, 5.74) is 2.37. The van der Waals surface area contributed by atoms with E-state index in [1.165, 1.54) is 24.9 Å². The van der Waals surface area contributed by atoms with Crippen molar-refractivity contribution in [2.24, 2.45) is 0 Å². The molecule has 1 amide bonds. The van der Waals surface area contributed by atoms with E-state index in [1.807, 2.05) is 6.07 Å². The number of anilines is 1. The van der Waals surface area contributed by atoms with Crippen molar-refractivity contribution in [3.8, 4) is 0 Å².